The van der Waals surface area contributed by atoms with Crippen LogP contribution in [0, 0.1) is 5.92 Å². The number of hydrogen-bond donors (Lipinski definition) is 1. The zero-order valence-corrected chi connectivity index (χ0v) is 8.57. The third-order valence-corrected chi connectivity index (χ3v) is 2.05. The maximum absolute atomic E-state index is 10.8. The molecule has 5 heteroatoms. The summed E-state index contributed by atoms with van der Waals surface area (Å²) in [5, 5.41) is 2.60. The number of nitrogens with one attached hydrogen (secondary N) is 1. The molecule has 1 N–H and O–H groups in total. The van der Waals surface area contributed by atoms with Crippen LogP contribution in [-0.2, 0) is 14.3 Å². The van der Waals surface area contributed by atoms with Crippen molar-refractivity contribution in [3.63, 3.8) is 0 Å². The average molecular weight is 201 g/mol. The van der Waals surface area contributed by atoms with E-state index in [1.54, 1.807) is 0 Å². The van der Waals surface area contributed by atoms with Crippen molar-refractivity contribution in [2.45, 2.75) is 32.9 Å². The zero-order valence-electron chi connectivity index (χ0n) is 8.57. The highest BCUT2D eigenvalue weighted by atomic mass is 16.6. The van der Waals surface area contributed by atoms with E-state index in [9.17, 15) is 9.59 Å². The molecule has 1 heterocycles. The predicted octanol–water partition coefficient (Wildman–Crippen LogP) is 0.682. The summed E-state index contributed by atoms with van der Waals surface area (Å²) in [7, 11) is 0. The maximum atomic E-state index is 10.8. The number of hydrogen-bond acceptors (Lipinski definition) is 4. The molecule has 0 unspecified atom stereocenters. The van der Waals surface area contributed by atoms with Crippen molar-refractivity contribution in [3.8, 4) is 0 Å². The lowest BCUT2D eigenvalue weighted by molar-refractivity contribution is -0.150. The van der Waals surface area contributed by atoms with Gasteiger partial charge in [0.15, 0.2) is 0 Å². The second-order valence-corrected chi connectivity index (χ2v) is 3.67. The molecule has 0 bridgehead atoms. The Morgan fingerprint density at radius 1 is 1.64 bits per heavy atom. The highest BCUT2D eigenvalue weighted by Crippen LogP contribution is 2.15. The lowest BCUT2D eigenvalue weighted by atomic mass is 10.0. The highest BCUT2D eigenvalue weighted by molar-refractivity contribution is 5.70. The Bertz CT molecular complexity index is 239. The first-order valence-electron chi connectivity index (χ1n) is 4.61. The minimum atomic E-state index is -0.451. The predicted molar refractivity (Wildman–Crippen MR) is 48.7 cm³/mol. The highest BCUT2D eigenvalue weighted by Gasteiger charge is 2.34. The summed E-state index contributed by atoms with van der Waals surface area (Å²) in [5.41, 5.74) is 0. The molecular weight excluding hydrogens is 186 g/mol. The first kappa shape index (κ1) is 10.8. The van der Waals surface area contributed by atoms with E-state index in [2.05, 4.69) is 5.32 Å². The number of amides is 1. The molecule has 0 aromatic heterocycles. The summed E-state index contributed by atoms with van der Waals surface area (Å²) in [4.78, 5) is 21.6. The van der Waals surface area contributed by atoms with Gasteiger partial charge in [-0.3, -0.25) is 4.79 Å². The Morgan fingerprint density at radius 2 is 2.29 bits per heavy atom. The van der Waals surface area contributed by atoms with Crippen LogP contribution in [0.1, 0.15) is 20.8 Å². The van der Waals surface area contributed by atoms with E-state index in [4.69, 9.17) is 9.47 Å². The number of alkyl carbamates (subject to hydrolysis) is 1. The van der Waals surface area contributed by atoms with Gasteiger partial charge in [-0.05, 0) is 5.92 Å². The quantitative estimate of drug-likeness (QED) is 0.682. The van der Waals surface area contributed by atoms with Gasteiger partial charge in [-0.25, -0.2) is 4.79 Å². The summed E-state index contributed by atoms with van der Waals surface area (Å²) in [5.74, 6) is -0.198. The van der Waals surface area contributed by atoms with Gasteiger partial charge < -0.3 is 14.8 Å². The van der Waals surface area contributed by atoms with Crippen molar-refractivity contribution in [3.05, 3.63) is 0 Å². The fraction of sp³-hybridized carbons (Fsp3) is 0.778. The second-order valence-electron chi connectivity index (χ2n) is 3.67. The Hall–Kier alpha value is -1.26. The van der Waals surface area contributed by atoms with E-state index >= 15 is 0 Å². The van der Waals surface area contributed by atoms with Crippen LogP contribution in [-0.4, -0.2) is 30.8 Å². The molecule has 14 heavy (non-hydrogen) atoms. The molecular formula is C9H15NO4. The molecule has 80 valence electrons. The molecule has 0 radical (unpaired) electrons. The van der Waals surface area contributed by atoms with Crippen molar-refractivity contribution in [1.82, 2.24) is 5.32 Å². The molecule has 1 aliphatic rings. The van der Waals surface area contributed by atoms with Crippen LogP contribution in [0.15, 0.2) is 0 Å². The summed E-state index contributed by atoms with van der Waals surface area (Å²) in [6, 6.07) is -0.230. The maximum Gasteiger partial charge on any atom is 0.407 e. The van der Waals surface area contributed by atoms with E-state index in [1.165, 1.54) is 6.92 Å². The van der Waals surface area contributed by atoms with Gasteiger partial charge in [0.1, 0.15) is 18.8 Å². The van der Waals surface area contributed by atoms with E-state index < -0.39 is 6.09 Å². The van der Waals surface area contributed by atoms with Crippen LogP contribution in [0.4, 0.5) is 4.79 Å². The zero-order chi connectivity index (χ0) is 10.7. The fourth-order valence-electron chi connectivity index (χ4n) is 1.45. The normalized spacial score (nSPS) is 22.9. The number of ether oxygens (including phenoxy) is 2. The Kier molecular flexibility index (Phi) is 3.33. The van der Waals surface area contributed by atoms with E-state index in [0.29, 0.717) is 0 Å². The molecule has 0 spiro atoms. The first-order valence-corrected chi connectivity index (χ1v) is 4.61. The molecule has 1 fully saturated rings. The van der Waals surface area contributed by atoms with Crippen LogP contribution in [0.2, 0.25) is 0 Å². The van der Waals surface area contributed by atoms with Gasteiger partial charge >= 0.3 is 12.1 Å². The smallest absolute Gasteiger partial charge is 0.407 e. The molecule has 1 aliphatic heterocycles. The molecule has 2 atom stereocenters. The second kappa shape index (κ2) is 4.30. The minimum absolute atomic E-state index is 0.144. The van der Waals surface area contributed by atoms with Gasteiger partial charge in [-0.1, -0.05) is 13.8 Å². The van der Waals surface area contributed by atoms with Crippen LogP contribution < -0.4 is 5.32 Å². The Labute approximate surface area is 82.8 Å². The molecule has 1 rings (SSSR count). The van der Waals surface area contributed by atoms with Crippen LogP contribution in [0.25, 0.3) is 0 Å². The molecule has 0 aromatic carbocycles. The lowest BCUT2D eigenvalue weighted by Crippen LogP contribution is -2.43. The molecule has 0 aromatic rings. The van der Waals surface area contributed by atoms with Crippen LogP contribution in [0.3, 0.4) is 0 Å². The summed E-state index contributed by atoms with van der Waals surface area (Å²) >= 11 is 0. The number of esters is 1. The monoisotopic (exact) mass is 201 g/mol. The van der Waals surface area contributed by atoms with Crippen molar-refractivity contribution >= 4 is 12.1 Å². The summed E-state index contributed by atoms with van der Waals surface area (Å²) < 4.78 is 9.85. The molecule has 1 amide bonds. The minimum Gasteiger partial charge on any atom is -0.460 e. The first-order chi connectivity index (χ1) is 6.50. The van der Waals surface area contributed by atoms with Crippen molar-refractivity contribution in [1.29, 1.82) is 0 Å². The number of carbonyl (C=O) groups excluding carboxylic acids is 2. The van der Waals surface area contributed by atoms with Crippen molar-refractivity contribution < 1.29 is 19.1 Å². The molecule has 5 nitrogen and oxygen atoms in total. The molecule has 1 saturated heterocycles. The van der Waals surface area contributed by atoms with Crippen molar-refractivity contribution in [2.75, 3.05) is 6.61 Å². The summed E-state index contributed by atoms with van der Waals surface area (Å²) in [6.07, 6.45) is -0.772. The van der Waals surface area contributed by atoms with Crippen LogP contribution in [0.5, 0.6) is 0 Å². The van der Waals surface area contributed by atoms with E-state index in [1.807, 2.05) is 13.8 Å². The van der Waals surface area contributed by atoms with Gasteiger partial charge in [0.05, 0.1) is 0 Å². The molecule has 0 aliphatic carbocycles. The number of cyclic esters (lactones) is 1. The average Bonchev–Trinajstić information content (AvgIpc) is 2.46. The topological polar surface area (TPSA) is 64.6 Å². The third-order valence-electron chi connectivity index (χ3n) is 2.05. The fourth-order valence-corrected chi connectivity index (χ4v) is 1.45. The van der Waals surface area contributed by atoms with E-state index in [-0.39, 0.29) is 30.6 Å². The number of rotatable bonds is 3. The van der Waals surface area contributed by atoms with Gasteiger partial charge in [-0.15, -0.1) is 0 Å². The largest absolute Gasteiger partial charge is 0.460 e. The Morgan fingerprint density at radius 3 is 2.64 bits per heavy atom. The third kappa shape index (κ3) is 2.61. The molecule has 0 saturated carbocycles. The standard InChI is InChI=1S/C9H15NO4/c1-5(2)8(14-6(3)11)7-4-13-9(12)10-7/h5,7-8H,4H2,1-3H3,(H,10,12)/t7-,8-/m1/s1. The van der Waals surface area contributed by atoms with Gasteiger partial charge in [0, 0.05) is 6.92 Å². The summed E-state index contributed by atoms with van der Waals surface area (Å²) in [6.45, 7) is 5.47. The van der Waals surface area contributed by atoms with Gasteiger partial charge in [-0.2, -0.15) is 0 Å². The van der Waals surface area contributed by atoms with Gasteiger partial charge in [0.2, 0.25) is 0 Å². The van der Waals surface area contributed by atoms with E-state index in [0.717, 1.165) is 0 Å². The lowest BCUT2D eigenvalue weighted by Gasteiger charge is -2.24. The Balaban J connectivity index is 2.58. The van der Waals surface area contributed by atoms with Crippen molar-refractivity contribution in [2.24, 2.45) is 5.92 Å². The van der Waals surface area contributed by atoms with Crippen LogP contribution >= 0.6 is 0 Å². The SMILES string of the molecule is CC(=O)O[C@H](C(C)C)[C@H]1COC(=O)N1. The number of carbonyl (C=O) groups is 2. The van der Waals surface area contributed by atoms with Gasteiger partial charge in [0.25, 0.3) is 0 Å².